The number of carbonyl (C=O) groups excluding carboxylic acids is 2. The lowest BCUT2D eigenvalue weighted by Gasteiger charge is -2.20. The van der Waals surface area contributed by atoms with Crippen LogP contribution in [0.25, 0.3) is 6.08 Å². The molecular weight excluding hydrogens is 512 g/mol. The number of sulfone groups is 1. The van der Waals surface area contributed by atoms with E-state index >= 15 is 0 Å². The van der Waals surface area contributed by atoms with E-state index < -0.39 is 21.7 Å². The number of amides is 1. The number of nitrogens with one attached hydrogen (secondary N) is 1. The number of benzene rings is 1. The van der Waals surface area contributed by atoms with E-state index in [0.717, 1.165) is 11.3 Å². The zero-order valence-corrected chi connectivity index (χ0v) is 20.1. The molecule has 2 aliphatic heterocycles. The van der Waals surface area contributed by atoms with Crippen molar-refractivity contribution in [3.63, 3.8) is 0 Å². The van der Waals surface area contributed by atoms with Crippen LogP contribution in [0.4, 0.5) is 0 Å². The number of nitrogens with zero attached hydrogens (tertiary/aromatic N) is 3. The number of fused-ring (bicyclic) bond motifs is 1. The molecule has 0 atom stereocenters. The van der Waals surface area contributed by atoms with Gasteiger partial charge in [0.15, 0.2) is 17.3 Å². The first kappa shape index (κ1) is 23.2. The quantitative estimate of drug-likeness (QED) is 0.365. The van der Waals surface area contributed by atoms with Crippen molar-refractivity contribution in [2.24, 2.45) is 10.1 Å². The number of thiophene rings is 1. The van der Waals surface area contributed by atoms with Crippen LogP contribution in [-0.4, -0.2) is 54.0 Å². The van der Waals surface area contributed by atoms with E-state index in [1.165, 1.54) is 36.7 Å². The van der Waals surface area contributed by atoms with Crippen molar-refractivity contribution in [3.8, 4) is 11.5 Å². The number of hydrogen-bond acceptors (Lipinski definition) is 10. The molecule has 0 bridgehead atoms. The first-order valence-corrected chi connectivity index (χ1v) is 12.9. The van der Waals surface area contributed by atoms with Gasteiger partial charge in [0.05, 0.1) is 17.7 Å². The second-order valence-corrected chi connectivity index (χ2v) is 11.1. The molecule has 170 valence electrons. The molecule has 2 aliphatic rings. The molecule has 1 amide bonds. The molecule has 33 heavy (non-hydrogen) atoms. The van der Waals surface area contributed by atoms with Gasteiger partial charge in [-0.05, 0) is 47.0 Å². The minimum absolute atomic E-state index is 0.00316. The van der Waals surface area contributed by atoms with Gasteiger partial charge in [-0.15, -0.1) is 16.4 Å². The average molecular weight is 525 g/mol. The van der Waals surface area contributed by atoms with Crippen molar-refractivity contribution in [3.05, 3.63) is 50.7 Å². The van der Waals surface area contributed by atoms with Gasteiger partial charge >= 0.3 is 5.97 Å². The molecule has 14 heteroatoms. The normalized spacial score (nSPS) is 17.1. The third-order valence-electron chi connectivity index (χ3n) is 4.23. The number of hydrazone groups is 1. The second-order valence-electron chi connectivity index (χ2n) is 6.56. The van der Waals surface area contributed by atoms with Crippen molar-refractivity contribution < 1.29 is 27.5 Å². The van der Waals surface area contributed by atoms with Crippen molar-refractivity contribution in [1.82, 2.24) is 5.01 Å². The molecule has 0 saturated carbocycles. The Morgan fingerprint density at radius 3 is 2.73 bits per heavy atom. The fourth-order valence-electron chi connectivity index (χ4n) is 2.75. The number of carbonyl (C=O) groups is 2. The molecule has 1 aromatic heterocycles. The SMILES string of the molecule is COc1cc(/C=C2/C(=N)N3N=C(S(C)(=O)=O)SC3=NC2=O)cc(Cl)c1OC(=O)c1cccs1. The summed E-state index contributed by atoms with van der Waals surface area (Å²) in [5.74, 6) is -1.56. The first-order valence-electron chi connectivity index (χ1n) is 8.92. The third-order valence-corrected chi connectivity index (χ3v) is 7.94. The van der Waals surface area contributed by atoms with E-state index in [0.29, 0.717) is 22.2 Å². The van der Waals surface area contributed by atoms with Crippen LogP contribution in [-0.2, 0) is 14.6 Å². The Bertz CT molecular complexity index is 1400. The van der Waals surface area contributed by atoms with Crippen LogP contribution in [0.2, 0.25) is 5.02 Å². The molecular formula is C19H13ClN4O6S3. The fraction of sp³-hybridized carbons (Fsp3) is 0.105. The van der Waals surface area contributed by atoms with Gasteiger partial charge in [-0.25, -0.2) is 13.2 Å². The van der Waals surface area contributed by atoms with E-state index in [2.05, 4.69) is 10.1 Å². The highest BCUT2D eigenvalue weighted by molar-refractivity contribution is 8.42. The van der Waals surface area contributed by atoms with Crippen molar-refractivity contribution in [1.29, 1.82) is 5.41 Å². The molecule has 0 spiro atoms. The highest BCUT2D eigenvalue weighted by Gasteiger charge is 2.38. The monoisotopic (exact) mass is 524 g/mol. The Labute approximate surface area is 201 Å². The highest BCUT2D eigenvalue weighted by atomic mass is 35.5. The highest BCUT2D eigenvalue weighted by Crippen LogP contribution is 2.38. The fourth-order valence-corrected chi connectivity index (χ4v) is 5.29. The zero-order chi connectivity index (χ0) is 23.9. The minimum Gasteiger partial charge on any atom is -0.493 e. The Hall–Kier alpha value is -3.00. The predicted molar refractivity (Wildman–Crippen MR) is 127 cm³/mol. The molecule has 10 nitrogen and oxygen atoms in total. The smallest absolute Gasteiger partial charge is 0.353 e. The van der Waals surface area contributed by atoms with E-state index in [4.69, 9.17) is 26.5 Å². The molecule has 4 rings (SSSR count). The van der Waals surface area contributed by atoms with Crippen molar-refractivity contribution in [2.75, 3.05) is 13.4 Å². The Morgan fingerprint density at radius 2 is 2.09 bits per heavy atom. The summed E-state index contributed by atoms with van der Waals surface area (Å²) in [6.07, 6.45) is 2.31. The van der Waals surface area contributed by atoms with Crippen LogP contribution >= 0.6 is 34.7 Å². The third kappa shape index (κ3) is 4.57. The van der Waals surface area contributed by atoms with Crippen molar-refractivity contribution >= 4 is 77.9 Å². The van der Waals surface area contributed by atoms with E-state index in [1.807, 2.05) is 0 Å². The number of ether oxygens (including phenoxy) is 2. The van der Waals surface area contributed by atoms with Gasteiger partial charge in [0, 0.05) is 6.26 Å². The Kier molecular flexibility index (Phi) is 6.14. The number of amidine groups is 2. The van der Waals surface area contributed by atoms with E-state index in [9.17, 15) is 18.0 Å². The molecule has 0 fully saturated rings. The van der Waals surface area contributed by atoms with Gasteiger partial charge in [0.1, 0.15) is 4.88 Å². The van der Waals surface area contributed by atoms with Gasteiger partial charge in [0.2, 0.25) is 19.4 Å². The zero-order valence-electron chi connectivity index (χ0n) is 16.9. The van der Waals surface area contributed by atoms with E-state index in [1.54, 1.807) is 17.5 Å². The lowest BCUT2D eigenvalue weighted by atomic mass is 10.1. The van der Waals surface area contributed by atoms with Crippen molar-refractivity contribution in [2.45, 2.75) is 0 Å². The topological polar surface area (TPSA) is 139 Å². The summed E-state index contributed by atoms with van der Waals surface area (Å²) in [5, 5.41) is 14.9. The largest absolute Gasteiger partial charge is 0.493 e. The molecule has 0 unspecified atom stereocenters. The Morgan fingerprint density at radius 1 is 1.33 bits per heavy atom. The van der Waals surface area contributed by atoms with Crippen LogP contribution in [0.1, 0.15) is 15.2 Å². The number of esters is 1. The average Bonchev–Trinajstić information content (AvgIpc) is 3.42. The molecule has 1 aromatic carbocycles. The summed E-state index contributed by atoms with van der Waals surface area (Å²) in [5.41, 5.74) is 0.220. The molecule has 0 saturated heterocycles. The lowest BCUT2D eigenvalue weighted by Crippen LogP contribution is -2.35. The van der Waals surface area contributed by atoms with Gasteiger partial charge in [-0.2, -0.15) is 10.0 Å². The maximum Gasteiger partial charge on any atom is 0.353 e. The number of thioether (sulfide) groups is 1. The van der Waals surface area contributed by atoms with Gasteiger partial charge in [-0.1, -0.05) is 17.7 Å². The lowest BCUT2D eigenvalue weighted by molar-refractivity contribution is -0.114. The minimum atomic E-state index is -3.64. The number of hydrogen-bond donors (Lipinski definition) is 1. The molecule has 2 aromatic rings. The van der Waals surface area contributed by atoms with Crippen LogP contribution in [0.15, 0.2) is 45.3 Å². The maximum atomic E-state index is 12.5. The summed E-state index contributed by atoms with van der Waals surface area (Å²) in [6, 6.07) is 6.22. The first-order chi connectivity index (χ1) is 15.6. The summed E-state index contributed by atoms with van der Waals surface area (Å²) in [7, 11) is -2.28. The molecule has 0 radical (unpaired) electrons. The van der Waals surface area contributed by atoms with Crippen LogP contribution < -0.4 is 9.47 Å². The predicted octanol–water partition coefficient (Wildman–Crippen LogP) is 3.25. The molecule has 3 heterocycles. The molecule has 1 N–H and O–H groups in total. The van der Waals surface area contributed by atoms with Gasteiger partial charge in [0.25, 0.3) is 5.91 Å². The number of rotatable bonds is 4. The summed E-state index contributed by atoms with van der Waals surface area (Å²) < 4.78 is 33.9. The van der Waals surface area contributed by atoms with E-state index in [-0.39, 0.29) is 37.5 Å². The maximum absolute atomic E-state index is 12.5. The summed E-state index contributed by atoms with van der Waals surface area (Å²) >= 11 is 8.22. The summed E-state index contributed by atoms with van der Waals surface area (Å²) in [4.78, 5) is 29.0. The van der Waals surface area contributed by atoms with Gasteiger partial charge in [-0.3, -0.25) is 10.2 Å². The second kappa shape index (κ2) is 8.74. The summed E-state index contributed by atoms with van der Waals surface area (Å²) in [6.45, 7) is 0. The van der Waals surface area contributed by atoms with Gasteiger partial charge < -0.3 is 9.47 Å². The van der Waals surface area contributed by atoms with Crippen LogP contribution in [0.5, 0.6) is 11.5 Å². The number of methoxy groups -OCH3 is 1. The number of aliphatic imine (C=N–C) groups is 1. The van der Waals surface area contributed by atoms with Crippen LogP contribution in [0, 0.1) is 5.41 Å². The molecule has 0 aliphatic carbocycles. The number of halogens is 1. The standard InChI is InChI=1S/C19H13ClN4O6S3/c1-29-12-8-9(7-11(20)14(12)30-17(26)13-4-3-5-31-13)6-10-15(21)24-18(22-16(10)25)32-19(23-24)33(2,27)28/h3-8,21H,1-2H3/b10-6-,21-15?. The Balaban J connectivity index is 1.67. The van der Waals surface area contributed by atoms with Crippen LogP contribution in [0.3, 0.4) is 0 Å².